The van der Waals surface area contributed by atoms with Gasteiger partial charge < -0.3 is 0 Å². The van der Waals surface area contributed by atoms with Crippen molar-refractivity contribution >= 4 is 5.57 Å². The molecule has 1 aliphatic rings. The Balaban J connectivity index is 0.00000127. The van der Waals surface area contributed by atoms with E-state index in [1.807, 2.05) is 26.1 Å². The Morgan fingerprint density at radius 2 is 2.04 bits per heavy atom. The second-order valence-corrected chi connectivity index (χ2v) is 6.38. The molecule has 1 heterocycles. The average Bonchev–Trinajstić information content (AvgIpc) is 2.62. The molecule has 0 radical (unpaired) electrons. The molecule has 0 spiro atoms. The van der Waals surface area contributed by atoms with Gasteiger partial charge in [-0.2, -0.15) is 0 Å². The molecule has 1 aromatic rings. The van der Waals surface area contributed by atoms with Crippen molar-refractivity contribution in [1.29, 1.82) is 0 Å². The van der Waals surface area contributed by atoms with Crippen molar-refractivity contribution in [2.45, 2.75) is 54.4 Å². The highest BCUT2D eigenvalue weighted by Crippen LogP contribution is 2.47. The molecule has 0 aromatic carbocycles. The standard InChI is InChI=1S/C20H27N.C2H6/c1-5-6-14-20(4,16(2)3)18-12-8-7-11-17(18)19-13-9-10-15-21-19;1-2/h6-11,13-16,18H,5,12H2,1-4H3;1-2H3. The third-order valence-corrected chi connectivity index (χ3v) is 4.83. The van der Waals surface area contributed by atoms with Crippen molar-refractivity contribution in [1.82, 2.24) is 4.98 Å². The quantitative estimate of drug-likeness (QED) is 0.552. The Labute approximate surface area is 143 Å². The van der Waals surface area contributed by atoms with Crippen LogP contribution in [0.2, 0.25) is 0 Å². The van der Waals surface area contributed by atoms with E-state index in [9.17, 15) is 0 Å². The van der Waals surface area contributed by atoms with E-state index in [4.69, 9.17) is 0 Å². The summed E-state index contributed by atoms with van der Waals surface area (Å²) in [6.07, 6.45) is 15.5. The third-order valence-electron chi connectivity index (χ3n) is 4.83. The molecule has 2 atom stereocenters. The molecule has 0 fully saturated rings. The first-order valence-corrected chi connectivity index (χ1v) is 9.05. The zero-order valence-electron chi connectivity index (χ0n) is 15.7. The molecule has 1 aromatic heterocycles. The molecule has 126 valence electrons. The topological polar surface area (TPSA) is 12.9 Å². The van der Waals surface area contributed by atoms with Gasteiger partial charge in [-0.15, -0.1) is 0 Å². The van der Waals surface area contributed by atoms with Gasteiger partial charge in [0.15, 0.2) is 0 Å². The lowest BCUT2D eigenvalue weighted by molar-refractivity contribution is 0.221. The van der Waals surface area contributed by atoms with Crippen LogP contribution in [-0.2, 0) is 0 Å². The molecule has 1 nitrogen and oxygen atoms in total. The summed E-state index contributed by atoms with van der Waals surface area (Å²) in [5.74, 6) is 1.07. The van der Waals surface area contributed by atoms with Crippen LogP contribution in [0.4, 0.5) is 0 Å². The van der Waals surface area contributed by atoms with E-state index >= 15 is 0 Å². The van der Waals surface area contributed by atoms with E-state index in [1.54, 1.807) is 0 Å². The van der Waals surface area contributed by atoms with Gasteiger partial charge in [0.2, 0.25) is 0 Å². The minimum Gasteiger partial charge on any atom is -0.257 e. The second-order valence-electron chi connectivity index (χ2n) is 6.38. The predicted molar refractivity (Wildman–Crippen MR) is 103 cm³/mol. The van der Waals surface area contributed by atoms with Gasteiger partial charge in [0, 0.05) is 6.20 Å². The molecule has 0 saturated heterocycles. The van der Waals surface area contributed by atoms with E-state index in [2.05, 4.69) is 75.2 Å². The summed E-state index contributed by atoms with van der Waals surface area (Å²) in [6.45, 7) is 13.3. The molecule has 1 heteroatoms. The van der Waals surface area contributed by atoms with Crippen LogP contribution < -0.4 is 0 Å². The summed E-state index contributed by atoms with van der Waals surface area (Å²) in [4.78, 5) is 4.58. The monoisotopic (exact) mass is 311 g/mol. The van der Waals surface area contributed by atoms with Crippen LogP contribution >= 0.6 is 0 Å². The van der Waals surface area contributed by atoms with Gasteiger partial charge in [-0.3, -0.25) is 4.98 Å². The van der Waals surface area contributed by atoms with Crippen LogP contribution in [0.1, 0.15) is 60.1 Å². The first kappa shape index (κ1) is 19.4. The Morgan fingerprint density at radius 3 is 2.61 bits per heavy atom. The summed E-state index contributed by atoms with van der Waals surface area (Å²) in [7, 11) is 0. The molecule has 0 bridgehead atoms. The number of pyridine rings is 1. The van der Waals surface area contributed by atoms with E-state index in [0.29, 0.717) is 11.8 Å². The van der Waals surface area contributed by atoms with E-state index in [0.717, 1.165) is 18.5 Å². The average molecular weight is 312 g/mol. The van der Waals surface area contributed by atoms with Crippen LogP contribution in [0.15, 0.2) is 54.8 Å². The summed E-state index contributed by atoms with van der Waals surface area (Å²) < 4.78 is 0. The predicted octanol–water partition coefficient (Wildman–Crippen LogP) is 6.70. The first-order chi connectivity index (χ1) is 11.1. The lowest BCUT2D eigenvalue weighted by Crippen LogP contribution is -2.32. The van der Waals surface area contributed by atoms with Crippen LogP contribution in [0.5, 0.6) is 0 Å². The van der Waals surface area contributed by atoms with Crippen molar-refractivity contribution in [3.05, 3.63) is 60.5 Å². The molecule has 1 aliphatic carbocycles. The highest BCUT2D eigenvalue weighted by molar-refractivity contribution is 5.68. The Kier molecular flexibility index (Phi) is 8.02. The lowest BCUT2D eigenvalue weighted by Gasteiger charge is -2.41. The number of hydrogen-bond acceptors (Lipinski definition) is 1. The molecule has 0 N–H and O–H groups in total. The van der Waals surface area contributed by atoms with Gasteiger partial charge >= 0.3 is 0 Å². The number of rotatable bonds is 5. The number of aromatic nitrogens is 1. The van der Waals surface area contributed by atoms with Crippen molar-refractivity contribution in [2.24, 2.45) is 17.3 Å². The van der Waals surface area contributed by atoms with Gasteiger partial charge in [-0.05, 0) is 47.8 Å². The molecular formula is C22H33N. The summed E-state index contributed by atoms with van der Waals surface area (Å²) in [5, 5.41) is 0. The third kappa shape index (κ3) is 4.67. The molecule has 23 heavy (non-hydrogen) atoms. The molecular weight excluding hydrogens is 278 g/mol. The SMILES string of the molecule is CC.CCC=CC(C)(C(C)C)C1CC=CC=C1c1ccccn1. The maximum atomic E-state index is 4.58. The Morgan fingerprint density at radius 1 is 1.30 bits per heavy atom. The second kappa shape index (κ2) is 9.50. The largest absolute Gasteiger partial charge is 0.257 e. The minimum absolute atomic E-state index is 0.157. The fourth-order valence-electron chi connectivity index (χ4n) is 3.10. The number of nitrogens with zero attached hydrogens (tertiary/aromatic N) is 1. The van der Waals surface area contributed by atoms with Crippen molar-refractivity contribution in [2.75, 3.05) is 0 Å². The van der Waals surface area contributed by atoms with Crippen molar-refractivity contribution < 1.29 is 0 Å². The smallest absolute Gasteiger partial charge is 0.0664 e. The van der Waals surface area contributed by atoms with Gasteiger partial charge in [0.1, 0.15) is 0 Å². The molecule has 0 saturated carbocycles. The van der Waals surface area contributed by atoms with Crippen LogP contribution in [0, 0.1) is 17.3 Å². The fraction of sp³-hybridized carbons (Fsp3) is 0.500. The Bertz CT molecular complexity index is 536. The van der Waals surface area contributed by atoms with E-state index in [1.165, 1.54) is 5.57 Å². The minimum atomic E-state index is 0.157. The number of hydrogen-bond donors (Lipinski definition) is 0. The van der Waals surface area contributed by atoms with Crippen LogP contribution in [0.3, 0.4) is 0 Å². The van der Waals surface area contributed by atoms with Crippen molar-refractivity contribution in [3.8, 4) is 0 Å². The number of allylic oxidation sites excluding steroid dienone is 6. The molecule has 0 amide bonds. The first-order valence-electron chi connectivity index (χ1n) is 9.05. The highest BCUT2D eigenvalue weighted by Gasteiger charge is 2.37. The van der Waals surface area contributed by atoms with Gasteiger partial charge in [-0.25, -0.2) is 0 Å². The fourth-order valence-corrected chi connectivity index (χ4v) is 3.10. The maximum Gasteiger partial charge on any atom is 0.0664 e. The van der Waals surface area contributed by atoms with Crippen molar-refractivity contribution in [3.63, 3.8) is 0 Å². The zero-order valence-corrected chi connectivity index (χ0v) is 15.7. The van der Waals surface area contributed by atoms with Crippen LogP contribution in [-0.4, -0.2) is 4.98 Å². The lowest BCUT2D eigenvalue weighted by atomic mass is 9.63. The highest BCUT2D eigenvalue weighted by atomic mass is 14.7. The van der Waals surface area contributed by atoms with E-state index in [-0.39, 0.29) is 5.41 Å². The molecule has 2 unspecified atom stereocenters. The van der Waals surface area contributed by atoms with Crippen LogP contribution in [0.25, 0.3) is 5.57 Å². The van der Waals surface area contributed by atoms with Gasteiger partial charge in [0.05, 0.1) is 5.69 Å². The maximum absolute atomic E-state index is 4.58. The summed E-state index contributed by atoms with van der Waals surface area (Å²) in [5.41, 5.74) is 2.64. The summed E-state index contributed by atoms with van der Waals surface area (Å²) >= 11 is 0. The zero-order chi connectivity index (χ0) is 17.3. The molecule has 0 aliphatic heterocycles. The van der Waals surface area contributed by atoms with E-state index < -0.39 is 0 Å². The summed E-state index contributed by atoms with van der Waals surface area (Å²) in [6, 6.07) is 6.19. The molecule has 2 rings (SSSR count). The van der Waals surface area contributed by atoms with Gasteiger partial charge in [0.25, 0.3) is 0 Å². The van der Waals surface area contributed by atoms with Gasteiger partial charge in [-0.1, -0.05) is 78.0 Å². The normalized spacial score (nSPS) is 20.0. The Hall–Kier alpha value is -1.63.